The predicted molar refractivity (Wildman–Crippen MR) is 180 cm³/mol. The van der Waals surface area contributed by atoms with E-state index in [1.165, 1.54) is 0 Å². The minimum absolute atomic E-state index is 0.00803. The number of nitrogens with one attached hydrogen (secondary N) is 2. The Morgan fingerprint density at radius 3 is 2.43 bits per heavy atom. The van der Waals surface area contributed by atoms with E-state index >= 15 is 0 Å². The van der Waals surface area contributed by atoms with Crippen molar-refractivity contribution in [3.8, 4) is 0 Å². The number of hydrogen-bond donors (Lipinski definition) is 3. The quantitative estimate of drug-likeness (QED) is 0.199. The number of amides is 2. The first-order chi connectivity index (χ1) is 23.3. The molecule has 6 fully saturated rings. The smallest absolute Gasteiger partial charge is 0.327 e. The lowest BCUT2D eigenvalue weighted by atomic mass is 9.62. The van der Waals surface area contributed by atoms with Gasteiger partial charge in [-0.3, -0.25) is 24.0 Å². The second-order valence-corrected chi connectivity index (χ2v) is 16.5. The summed E-state index contributed by atoms with van der Waals surface area (Å²) in [5.41, 5.74) is -1.01. The van der Waals surface area contributed by atoms with Gasteiger partial charge in [0, 0.05) is 41.2 Å². The lowest BCUT2D eigenvalue weighted by Crippen LogP contribution is -2.69. The van der Waals surface area contributed by atoms with Crippen molar-refractivity contribution in [3.05, 3.63) is 33.4 Å². The summed E-state index contributed by atoms with van der Waals surface area (Å²) in [4.78, 5) is 60.0. The molecule has 13 nitrogen and oxygen atoms in total. The molecule has 0 radical (unpaired) electrons. The first-order valence-electron chi connectivity index (χ1n) is 17.5. The highest BCUT2D eigenvalue weighted by Crippen LogP contribution is 2.63. The monoisotopic (exact) mass is 795 g/mol. The highest BCUT2D eigenvalue weighted by molar-refractivity contribution is 14.1. The molecule has 6 aliphatic rings. The average molecular weight is 796 g/mol. The van der Waals surface area contributed by atoms with Gasteiger partial charge in [-0.15, -0.1) is 0 Å². The van der Waals surface area contributed by atoms with Gasteiger partial charge in [0.1, 0.15) is 35.4 Å². The molecule has 1 aromatic carbocycles. The van der Waals surface area contributed by atoms with E-state index in [4.69, 9.17) is 23.8 Å². The van der Waals surface area contributed by atoms with Gasteiger partial charge in [0.25, 0.3) is 0 Å². The van der Waals surface area contributed by atoms with Gasteiger partial charge < -0.3 is 34.7 Å². The summed E-state index contributed by atoms with van der Waals surface area (Å²) in [6.07, 6.45) is 1.81. The Bertz CT molecular complexity index is 1470. The third kappa shape index (κ3) is 6.73. The molecule has 3 saturated carbocycles. The van der Waals surface area contributed by atoms with E-state index in [0.717, 1.165) is 34.8 Å². The van der Waals surface area contributed by atoms with Crippen LogP contribution in [0.2, 0.25) is 0 Å². The largest absolute Gasteiger partial charge is 0.460 e. The second-order valence-electron chi connectivity index (χ2n) is 15.3. The molecule has 0 spiro atoms. The van der Waals surface area contributed by atoms with E-state index in [1.807, 2.05) is 24.3 Å². The van der Waals surface area contributed by atoms with E-state index < -0.39 is 77.1 Å². The number of ether oxygens (including phenoxy) is 4. The number of halogens is 1. The highest BCUT2D eigenvalue weighted by atomic mass is 127. The van der Waals surface area contributed by atoms with Crippen LogP contribution in [0.15, 0.2) is 24.3 Å². The van der Waals surface area contributed by atoms with E-state index in [2.05, 4.69) is 33.2 Å². The number of aliphatic hydroxyl groups is 1. The van der Waals surface area contributed by atoms with Crippen molar-refractivity contribution in [2.45, 2.75) is 127 Å². The fraction of sp³-hybridized carbons (Fsp3) is 0.714. The molecule has 3 aliphatic heterocycles. The predicted octanol–water partition coefficient (Wildman–Crippen LogP) is 2.50. The SMILES string of the molecule is CC(C)(C)OC(=O)CC[C@@H](CO)NC(=O)CCNC(=O)[C@@]12C[C@H]3OC(=O)[C@@H]1N(Cc1ccccc1I)O[C@@H]2[C@H]1OC(C2CC2)(C2CC2)O[C@H]13. The molecular formula is C35H46IN3O10. The van der Waals surface area contributed by atoms with Gasteiger partial charge in [-0.2, -0.15) is 5.06 Å². The van der Waals surface area contributed by atoms with Gasteiger partial charge in [-0.05, 0) is 87.1 Å². The van der Waals surface area contributed by atoms with E-state index in [0.29, 0.717) is 0 Å². The van der Waals surface area contributed by atoms with Crippen LogP contribution in [0.25, 0.3) is 0 Å². The summed E-state index contributed by atoms with van der Waals surface area (Å²) in [5, 5.41) is 17.1. The van der Waals surface area contributed by atoms with Gasteiger partial charge >= 0.3 is 11.9 Å². The number of carbonyl (C=O) groups excluding carboxylic acids is 4. The highest BCUT2D eigenvalue weighted by Gasteiger charge is 2.78. The zero-order chi connectivity index (χ0) is 34.7. The van der Waals surface area contributed by atoms with Crippen molar-refractivity contribution >= 4 is 46.3 Å². The molecule has 3 saturated heterocycles. The third-order valence-corrected chi connectivity index (χ3v) is 11.6. The van der Waals surface area contributed by atoms with Crippen molar-refractivity contribution in [2.24, 2.45) is 17.3 Å². The standard InChI is InChI=1S/C35H46IN3O10/c1-33(2,3)46-26(42)13-12-22(18-40)38-25(41)14-15-37-32(44)34-16-24-27-28(48-35(47-27,20-8-9-20)21-10-11-21)30(34)49-39(29(34)31(43)45-24)17-19-6-4-5-7-23(19)36/h4-7,20-22,24,27-30,40H,8-18H2,1-3H3,(H,37,44)(H,38,41)/t22-,24+,27-,28-,29-,30+,34-/m0/s1. The van der Waals surface area contributed by atoms with Crippen LogP contribution in [0.5, 0.6) is 0 Å². The van der Waals surface area contributed by atoms with Crippen molar-refractivity contribution < 1.29 is 48.1 Å². The molecule has 0 unspecified atom stereocenters. The molecule has 268 valence electrons. The molecule has 2 amide bonds. The van der Waals surface area contributed by atoms with Gasteiger partial charge in [-0.1, -0.05) is 18.2 Å². The molecule has 14 heteroatoms. The van der Waals surface area contributed by atoms with Crippen molar-refractivity contribution in [1.29, 1.82) is 0 Å². The van der Waals surface area contributed by atoms with Crippen LogP contribution < -0.4 is 10.6 Å². The van der Waals surface area contributed by atoms with Crippen LogP contribution in [0.4, 0.5) is 0 Å². The fourth-order valence-corrected chi connectivity index (χ4v) is 8.67. The molecular weight excluding hydrogens is 749 g/mol. The summed E-state index contributed by atoms with van der Waals surface area (Å²) in [5.74, 6) is -1.94. The normalized spacial score (nSPS) is 32.2. The Kier molecular flexibility index (Phi) is 9.52. The topological polar surface area (TPSA) is 162 Å². The Balaban J connectivity index is 1.07. The Morgan fingerprint density at radius 1 is 1.08 bits per heavy atom. The Morgan fingerprint density at radius 2 is 1.78 bits per heavy atom. The molecule has 1 aromatic rings. The number of fused-ring (bicyclic) bond motifs is 4. The minimum atomic E-state index is -1.33. The van der Waals surface area contributed by atoms with Crippen LogP contribution in [0.1, 0.15) is 77.7 Å². The van der Waals surface area contributed by atoms with Crippen LogP contribution in [-0.2, 0) is 49.5 Å². The zero-order valence-electron chi connectivity index (χ0n) is 28.2. The van der Waals surface area contributed by atoms with Gasteiger partial charge in [0.05, 0.1) is 19.2 Å². The summed E-state index contributed by atoms with van der Waals surface area (Å²) in [6.45, 7) is 5.22. The average Bonchev–Trinajstić information content (AvgIpc) is 3.99. The summed E-state index contributed by atoms with van der Waals surface area (Å²) in [6, 6.07) is 6.14. The van der Waals surface area contributed by atoms with E-state index in [9.17, 15) is 24.3 Å². The van der Waals surface area contributed by atoms with Crippen molar-refractivity contribution in [3.63, 3.8) is 0 Å². The molecule has 3 N–H and O–H groups in total. The van der Waals surface area contributed by atoms with Crippen LogP contribution >= 0.6 is 22.6 Å². The maximum atomic E-state index is 14.4. The number of esters is 2. The Labute approximate surface area is 299 Å². The number of rotatable bonds is 13. The van der Waals surface area contributed by atoms with Gasteiger partial charge in [0.2, 0.25) is 11.8 Å². The molecule has 0 aromatic heterocycles. The number of nitrogens with zero attached hydrogens (tertiary/aromatic N) is 1. The molecule has 3 aliphatic carbocycles. The molecule has 49 heavy (non-hydrogen) atoms. The van der Waals surface area contributed by atoms with Crippen LogP contribution in [0.3, 0.4) is 0 Å². The molecule has 7 rings (SSSR count). The van der Waals surface area contributed by atoms with Crippen molar-refractivity contribution in [1.82, 2.24) is 15.7 Å². The molecule has 7 atom stereocenters. The molecule has 3 heterocycles. The number of carbonyl (C=O) groups is 4. The maximum absolute atomic E-state index is 14.4. The van der Waals surface area contributed by atoms with Gasteiger partial charge in [-0.25, -0.2) is 0 Å². The lowest BCUT2D eigenvalue weighted by Gasteiger charge is -2.48. The van der Waals surface area contributed by atoms with Crippen LogP contribution in [-0.4, -0.2) is 95.0 Å². The fourth-order valence-electron chi connectivity index (χ4n) is 8.11. The molecule has 2 bridgehead atoms. The lowest BCUT2D eigenvalue weighted by molar-refractivity contribution is -0.235. The van der Waals surface area contributed by atoms with E-state index in [1.54, 1.807) is 25.8 Å². The number of aliphatic hydroxyl groups excluding tert-OH is 1. The zero-order valence-corrected chi connectivity index (χ0v) is 30.3. The second kappa shape index (κ2) is 13.3. The first-order valence-corrected chi connectivity index (χ1v) is 18.6. The number of hydrogen-bond acceptors (Lipinski definition) is 11. The van der Waals surface area contributed by atoms with Crippen molar-refractivity contribution in [2.75, 3.05) is 13.2 Å². The summed E-state index contributed by atoms with van der Waals surface area (Å²) < 4.78 is 26.0. The number of hydroxylamine groups is 2. The summed E-state index contributed by atoms with van der Waals surface area (Å²) in [7, 11) is 0. The Hall–Kier alpha value is -2.37. The van der Waals surface area contributed by atoms with Gasteiger partial charge in [0.15, 0.2) is 11.8 Å². The van der Waals surface area contributed by atoms with E-state index in [-0.39, 0.29) is 57.2 Å². The minimum Gasteiger partial charge on any atom is -0.460 e. The maximum Gasteiger partial charge on any atom is 0.327 e. The third-order valence-electron chi connectivity index (χ3n) is 10.5. The first kappa shape index (κ1) is 35.1. The summed E-state index contributed by atoms with van der Waals surface area (Å²) >= 11 is 2.25. The van der Waals surface area contributed by atoms with Crippen LogP contribution in [0, 0.1) is 20.8 Å². The number of benzene rings is 1.